The molecule has 1 heterocycles. The van der Waals surface area contributed by atoms with E-state index in [0.717, 1.165) is 6.54 Å². The summed E-state index contributed by atoms with van der Waals surface area (Å²) in [6, 6.07) is 8.53. The van der Waals surface area contributed by atoms with Gasteiger partial charge in [0.25, 0.3) is 0 Å². The maximum atomic E-state index is 3.36. The van der Waals surface area contributed by atoms with Crippen molar-refractivity contribution in [3.05, 3.63) is 29.8 Å². The summed E-state index contributed by atoms with van der Waals surface area (Å²) < 4.78 is 0. The van der Waals surface area contributed by atoms with Crippen molar-refractivity contribution in [3.8, 4) is 0 Å². The SMILES string of the molecule is CC.CC.c1ccc2c(c1)CCCN2. The molecule has 0 unspecified atom stereocenters. The third-order valence-electron chi connectivity index (χ3n) is 1.96. The standard InChI is InChI=1S/C9H11N.2C2H6/c1-2-6-9-8(4-1)5-3-7-10-9;2*1-2/h1-2,4,6,10H,3,5,7H2;2*1-2H3. The van der Waals surface area contributed by atoms with Gasteiger partial charge in [0.15, 0.2) is 0 Å². The van der Waals surface area contributed by atoms with Crippen LogP contribution in [-0.2, 0) is 6.42 Å². The Morgan fingerprint density at radius 3 is 2.29 bits per heavy atom. The minimum Gasteiger partial charge on any atom is -0.385 e. The summed E-state index contributed by atoms with van der Waals surface area (Å²) in [7, 11) is 0. The zero-order chi connectivity index (χ0) is 10.8. The smallest absolute Gasteiger partial charge is 0.0372 e. The largest absolute Gasteiger partial charge is 0.385 e. The minimum absolute atomic E-state index is 1.14. The molecule has 80 valence electrons. The van der Waals surface area contributed by atoms with Crippen LogP contribution in [0.25, 0.3) is 0 Å². The van der Waals surface area contributed by atoms with Gasteiger partial charge in [0.05, 0.1) is 0 Å². The van der Waals surface area contributed by atoms with Crippen LogP contribution >= 0.6 is 0 Å². The highest BCUT2D eigenvalue weighted by Crippen LogP contribution is 2.19. The summed E-state index contributed by atoms with van der Waals surface area (Å²) in [5.41, 5.74) is 2.79. The molecule has 1 N–H and O–H groups in total. The molecule has 1 nitrogen and oxygen atoms in total. The lowest BCUT2D eigenvalue weighted by Gasteiger charge is -2.16. The van der Waals surface area contributed by atoms with Gasteiger partial charge in [-0.3, -0.25) is 0 Å². The van der Waals surface area contributed by atoms with E-state index in [1.807, 2.05) is 27.7 Å². The quantitative estimate of drug-likeness (QED) is 0.654. The summed E-state index contributed by atoms with van der Waals surface area (Å²) in [6.45, 7) is 9.14. The van der Waals surface area contributed by atoms with Crippen molar-refractivity contribution < 1.29 is 0 Å². The van der Waals surface area contributed by atoms with Crippen LogP contribution in [0.3, 0.4) is 0 Å². The first-order chi connectivity index (χ1) is 6.97. The second kappa shape index (κ2) is 8.61. The molecule has 0 bridgehead atoms. The van der Waals surface area contributed by atoms with Gasteiger partial charge in [-0.05, 0) is 24.5 Å². The van der Waals surface area contributed by atoms with E-state index in [4.69, 9.17) is 0 Å². The van der Waals surface area contributed by atoms with E-state index in [0.29, 0.717) is 0 Å². The average Bonchev–Trinajstić information content (AvgIpc) is 2.34. The summed E-state index contributed by atoms with van der Waals surface area (Å²) in [4.78, 5) is 0. The Bertz CT molecular complexity index is 205. The molecule has 1 aromatic rings. The van der Waals surface area contributed by atoms with Crippen LogP contribution in [-0.4, -0.2) is 6.54 Å². The number of hydrogen-bond donors (Lipinski definition) is 1. The normalized spacial score (nSPS) is 12.0. The Labute approximate surface area is 88.5 Å². The number of nitrogens with one attached hydrogen (secondary N) is 1. The van der Waals surface area contributed by atoms with Crippen molar-refractivity contribution in [2.24, 2.45) is 0 Å². The van der Waals surface area contributed by atoms with Crippen LogP contribution in [0.5, 0.6) is 0 Å². The van der Waals surface area contributed by atoms with Gasteiger partial charge in [-0.15, -0.1) is 0 Å². The predicted octanol–water partition coefficient (Wildman–Crippen LogP) is 4.10. The Morgan fingerprint density at radius 1 is 1.00 bits per heavy atom. The molecule has 1 aliphatic heterocycles. The molecule has 0 spiro atoms. The molecule has 1 aliphatic rings. The number of anilines is 1. The number of rotatable bonds is 0. The summed E-state index contributed by atoms with van der Waals surface area (Å²) in [5.74, 6) is 0. The monoisotopic (exact) mass is 193 g/mol. The molecule has 0 fully saturated rings. The second-order valence-corrected chi connectivity index (χ2v) is 2.69. The van der Waals surface area contributed by atoms with E-state index in [1.165, 1.54) is 24.1 Å². The molecule has 0 radical (unpaired) electrons. The zero-order valence-electron chi connectivity index (χ0n) is 9.93. The van der Waals surface area contributed by atoms with Gasteiger partial charge < -0.3 is 5.32 Å². The number of para-hydroxylation sites is 1. The van der Waals surface area contributed by atoms with E-state index in [1.54, 1.807) is 0 Å². The molecule has 1 heteroatoms. The van der Waals surface area contributed by atoms with Crippen molar-refractivity contribution in [2.45, 2.75) is 40.5 Å². The van der Waals surface area contributed by atoms with Crippen molar-refractivity contribution in [1.82, 2.24) is 0 Å². The lowest BCUT2D eigenvalue weighted by Crippen LogP contribution is -2.10. The van der Waals surface area contributed by atoms with E-state index < -0.39 is 0 Å². The summed E-state index contributed by atoms with van der Waals surface area (Å²) in [5, 5.41) is 3.36. The first-order valence-corrected chi connectivity index (χ1v) is 5.78. The van der Waals surface area contributed by atoms with Crippen molar-refractivity contribution >= 4 is 5.69 Å². The van der Waals surface area contributed by atoms with Crippen LogP contribution in [0.1, 0.15) is 39.7 Å². The summed E-state index contributed by atoms with van der Waals surface area (Å²) >= 11 is 0. The first-order valence-electron chi connectivity index (χ1n) is 5.78. The Kier molecular flexibility index (Phi) is 8.01. The summed E-state index contributed by atoms with van der Waals surface area (Å²) in [6.07, 6.45) is 2.51. The van der Waals surface area contributed by atoms with E-state index in [-0.39, 0.29) is 0 Å². The second-order valence-electron chi connectivity index (χ2n) is 2.69. The lowest BCUT2D eigenvalue weighted by molar-refractivity contribution is 0.830. The van der Waals surface area contributed by atoms with Gasteiger partial charge in [-0.1, -0.05) is 45.9 Å². The molecular formula is C13H23N. The molecule has 0 saturated carbocycles. The van der Waals surface area contributed by atoms with Gasteiger partial charge in [-0.2, -0.15) is 0 Å². The van der Waals surface area contributed by atoms with Crippen LogP contribution < -0.4 is 5.32 Å². The highest BCUT2D eigenvalue weighted by atomic mass is 14.9. The number of aryl methyl sites for hydroxylation is 1. The molecule has 14 heavy (non-hydrogen) atoms. The van der Waals surface area contributed by atoms with Gasteiger partial charge in [-0.25, -0.2) is 0 Å². The van der Waals surface area contributed by atoms with Crippen LogP contribution in [0, 0.1) is 0 Å². The molecule has 0 aliphatic carbocycles. The lowest BCUT2D eigenvalue weighted by atomic mass is 10.0. The van der Waals surface area contributed by atoms with Crippen molar-refractivity contribution in [3.63, 3.8) is 0 Å². The van der Waals surface area contributed by atoms with Crippen molar-refractivity contribution in [1.29, 1.82) is 0 Å². The molecule has 0 amide bonds. The van der Waals surface area contributed by atoms with E-state index in [2.05, 4.69) is 29.6 Å². The fraction of sp³-hybridized carbons (Fsp3) is 0.538. The fourth-order valence-electron chi connectivity index (χ4n) is 1.41. The molecule has 0 aromatic heterocycles. The van der Waals surface area contributed by atoms with Crippen molar-refractivity contribution in [2.75, 3.05) is 11.9 Å². The number of hydrogen-bond acceptors (Lipinski definition) is 1. The Balaban J connectivity index is 0.000000379. The topological polar surface area (TPSA) is 12.0 Å². The van der Waals surface area contributed by atoms with Crippen LogP contribution in [0.4, 0.5) is 5.69 Å². The molecule has 0 atom stereocenters. The molecule has 0 saturated heterocycles. The molecular weight excluding hydrogens is 170 g/mol. The third-order valence-corrected chi connectivity index (χ3v) is 1.96. The van der Waals surface area contributed by atoms with Gasteiger partial charge in [0, 0.05) is 12.2 Å². The van der Waals surface area contributed by atoms with Crippen LogP contribution in [0.2, 0.25) is 0 Å². The van der Waals surface area contributed by atoms with Crippen LogP contribution in [0.15, 0.2) is 24.3 Å². The zero-order valence-corrected chi connectivity index (χ0v) is 9.93. The molecule has 2 rings (SSSR count). The van der Waals surface area contributed by atoms with Gasteiger partial charge in [0.1, 0.15) is 0 Å². The maximum Gasteiger partial charge on any atom is 0.0372 e. The van der Waals surface area contributed by atoms with E-state index >= 15 is 0 Å². The number of fused-ring (bicyclic) bond motifs is 1. The first kappa shape index (κ1) is 13.0. The highest BCUT2D eigenvalue weighted by molar-refractivity contribution is 5.52. The van der Waals surface area contributed by atoms with Gasteiger partial charge in [0.2, 0.25) is 0 Å². The predicted molar refractivity (Wildman–Crippen MR) is 65.9 cm³/mol. The highest BCUT2D eigenvalue weighted by Gasteiger charge is 2.04. The van der Waals surface area contributed by atoms with Gasteiger partial charge >= 0.3 is 0 Å². The Morgan fingerprint density at radius 2 is 1.64 bits per heavy atom. The third kappa shape index (κ3) is 3.82. The Hall–Kier alpha value is -0.980. The average molecular weight is 193 g/mol. The molecule has 1 aromatic carbocycles. The minimum atomic E-state index is 1.14. The number of benzene rings is 1. The fourth-order valence-corrected chi connectivity index (χ4v) is 1.41. The van der Waals surface area contributed by atoms with E-state index in [9.17, 15) is 0 Å². The maximum absolute atomic E-state index is 3.36.